The van der Waals surface area contributed by atoms with Gasteiger partial charge in [-0.25, -0.2) is 4.79 Å². The predicted octanol–water partition coefficient (Wildman–Crippen LogP) is 5.02. The van der Waals surface area contributed by atoms with Crippen molar-refractivity contribution in [2.75, 3.05) is 36.4 Å². The van der Waals surface area contributed by atoms with Crippen LogP contribution in [0.1, 0.15) is 18.1 Å². The normalized spacial score (nSPS) is 13.9. The standard InChI is InChI=1S/C24H26ClN5O/c1-3-18-7-9-19(10-8-18)22-11-12-23(28-27-22)29-13-15-30(16-14-29)24(31)26-21-6-4-5-20(25)17(21)2/h4-12H,3,13-16H2,1-2H3,(H,26,31). The third kappa shape index (κ3) is 4.80. The molecular formula is C24H26ClN5O. The number of urea groups is 1. The van der Waals surface area contributed by atoms with E-state index in [1.807, 2.05) is 42.2 Å². The smallest absolute Gasteiger partial charge is 0.321 e. The summed E-state index contributed by atoms with van der Waals surface area (Å²) >= 11 is 6.15. The van der Waals surface area contributed by atoms with Crippen LogP contribution in [-0.4, -0.2) is 47.3 Å². The van der Waals surface area contributed by atoms with Gasteiger partial charge in [0, 0.05) is 42.5 Å². The van der Waals surface area contributed by atoms with Crippen LogP contribution in [0.15, 0.2) is 54.6 Å². The van der Waals surface area contributed by atoms with Crippen molar-refractivity contribution < 1.29 is 4.79 Å². The first-order chi connectivity index (χ1) is 15.0. The molecule has 1 aliphatic rings. The molecule has 7 heteroatoms. The van der Waals surface area contributed by atoms with Crippen molar-refractivity contribution in [2.24, 2.45) is 0 Å². The Labute approximate surface area is 187 Å². The fourth-order valence-electron chi connectivity index (χ4n) is 3.63. The molecule has 0 radical (unpaired) electrons. The number of rotatable bonds is 4. The highest BCUT2D eigenvalue weighted by molar-refractivity contribution is 6.31. The van der Waals surface area contributed by atoms with Crippen LogP contribution in [-0.2, 0) is 6.42 Å². The fraction of sp³-hybridized carbons (Fsp3) is 0.292. The van der Waals surface area contributed by atoms with Crippen LogP contribution in [0, 0.1) is 6.92 Å². The summed E-state index contributed by atoms with van der Waals surface area (Å²) < 4.78 is 0. The summed E-state index contributed by atoms with van der Waals surface area (Å²) in [7, 11) is 0. The van der Waals surface area contributed by atoms with E-state index < -0.39 is 0 Å². The zero-order chi connectivity index (χ0) is 21.8. The highest BCUT2D eigenvalue weighted by atomic mass is 35.5. The second-order valence-electron chi connectivity index (χ2n) is 7.64. The molecule has 0 aliphatic carbocycles. The number of benzene rings is 2. The molecule has 1 N–H and O–H groups in total. The van der Waals surface area contributed by atoms with Gasteiger partial charge in [0.2, 0.25) is 0 Å². The molecule has 2 aromatic carbocycles. The first-order valence-corrected chi connectivity index (χ1v) is 10.9. The molecule has 1 fully saturated rings. The van der Waals surface area contributed by atoms with Gasteiger partial charge in [0.05, 0.1) is 5.69 Å². The molecule has 1 aliphatic heterocycles. The number of nitrogens with one attached hydrogen (secondary N) is 1. The van der Waals surface area contributed by atoms with Crippen molar-refractivity contribution in [2.45, 2.75) is 20.3 Å². The zero-order valence-corrected chi connectivity index (χ0v) is 18.6. The lowest BCUT2D eigenvalue weighted by Gasteiger charge is -2.35. The molecule has 0 bridgehead atoms. The maximum Gasteiger partial charge on any atom is 0.321 e. The van der Waals surface area contributed by atoms with Gasteiger partial charge in [0.25, 0.3) is 0 Å². The number of nitrogens with zero attached hydrogens (tertiary/aromatic N) is 4. The Kier molecular flexibility index (Phi) is 6.37. The molecule has 0 saturated carbocycles. The van der Waals surface area contributed by atoms with Gasteiger partial charge in [0.15, 0.2) is 5.82 Å². The number of aromatic nitrogens is 2. The lowest BCUT2D eigenvalue weighted by molar-refractivity contribution is 0.208. The van der Waals surface area contributed by atoms with E-state index in [2.05, 4.69) is 51.6 Å². The van der Waals surface area contributed by atoms with Crippen molar-refractivity contribution in [1.29, 1.82) is 0 Å². The Hall–Kier alpha value is -3.12. The molecule has 3 aromatic rings. The summed E-state index contributed by atoms with van der Waals surface area (Å²) in [5, 5.41) is 12.4. The highest BCUT2D eigenvalue weighted by Crippen LogP contribution is 2.24. The minimum absolute atomic E-state index is 0.109. The number of hydrogen-bond acceptors (Lipinski definition) is 4. The minimum atomic E-state index is -0.109. The summed E-state index contributed by atoms with van der Waals surface area (Å²) in [5.74, 6) is 0.833. The Morgan fingerprint density at radius 3 is 2.39 bits per heavy atom. The second-order valence-corrected chi connectivity index (χ2v) is 8.05. The van der Waals surface area contributed by atoms with Gasteiger partial charge in [-0.05, 0) is 48.7 Å². The first kappa shape index (κ1) is 21.1. The molecular weight excluding hydrogens is 410 g/mol. The van der Waals surface area contributed by atoms with Crippen LogP contribution >= 0.6 is 11.6 Å². The van der Waals surface area contributed by atoms with Gasteiger partial charge in [-0.1, -0.05) is 48.9 Å². The number of amides is 2. The number of aryl methyl sites for hydroxylation is 1. The number of carbonyl (C=O) groups is 1. The van der Waals surface area contributed by atoms with E-state index in [0.29, 0.717) is 31.2 Å². The number of halogens is 1. The van der Waals surface area contributed by atoms with E-state index >= 15 is 0 Å². The molecule has 0 unspecified atom stereocenters. The lowest BCUT2D eigenvalue weighted by atomic mass is 10.1. The van der Waals surface area contributed by atoms with Crippen LogP contribution in [0.3, 0.4) is 0 Å². The van der Waals surface area contributed by atoms with Gasteiger partial charge >= 0.3 is 6.03 Å². The number of carbonyl (C=O) groups excluding carboxylic acids is 1. The van der Waals surface area contributed by atoms with Crippen molar-refractivity contribution in [1.82, 2.24) is 15.1 Å². The van der Waals surface area contributed by atoms with E-state index in [-0.39, 0.29) is 6.03 Å². The van der Waals surface area contributed by atoms with Crippen molar-refractivity contribution in [3.8, 4) is 11.3 Å². The first-order valence-electron chi connectivity index (χ1n) is 10.5. The molecule has 2 amide bonds. The molecule has 4 rings (SSSR count). The molecule has 1 aromatic heterocycles. The van der Waals surface area contributed by atoms with E-state index in [9.17, 15) is 4.79 Å². The predicted molar refractivity (Wildman–Crippen MR) is 126 cm³/mol. The quantitative estimate of drug-likeness (QED) is 0.624. The minimum Gasteiger partial charge on any atom is -0.352 e. The van der Waals surface area contributed by atoms with Crippen LogP contribution in [0.4, 0.5) is 16.3 Å². The van der Waals surface area contributed by atoms with Crippen LogP contribution in [0.5, 0.6) is 0 Å². The van der Waals surface area contributed by atoms with E-state index in [4.69, 9.17) is 11.6 Å². The molecule has 160 valence electrons. The van der Waals surface area contributed by atoms with Gasteiger partial charge in [-0.15, -0.1) is 10.2 Å². The summed E-state index contributed by atoms with van der Waals surface area (Å²) in [5.41, 5.74) is 4.85. The molecule has 31 heavy (non-hydrogen) atoms. The third-order valence-electron chi connectivity index (χ3n) is 5.71. The third-order valence-corrected chi connectivity index (χ3v) is 6.12. The maximum absolute atomic E-state index is 12.6. The van der Waals surface area contributed by atoms with Gasteiger partial charge in [0.1, 0.15) is 0 Å². The topological polar surface area (TPSA) is 61.4 Å². The number of piperazine rings is 1. The molecule has 2 heterocycles. The van der Waals surface area contributed by atoms with Gasteiger partial charge < -0.3 is 15.1 Å². The molecule has 0 spiro atoms. The van der Waals surface area contributed by atoms with E-state index in [1.54, 1.807) is 0 Å². The lowest BCUT2D eigenvalue weighted by Crippen LogP contribution is -2.50. The van der Waals surface area contributed by atoms with Crippen molar-refractivity contribution in [3.63, 3.8) is 0 Å². The summed E-state index contributed by atoms with van der Waals surface area (Å²) in [6.07, 6.45) is 1.02. The second kappa shape index (κ2) is 9.35. The summed E-state index contributed by atoms with van der Waals surface area (Å²) in [6.45, 7) is 6.70. The van der Waals surface area contributed by atoms with Crippen molar-refractivity contribution >= 4 is 29.1 Å². The Morgan fingerprint density at radius 1 is 1.00 bits per heavy atom. The monoisotopic (exact) mass is 435 g/mol. The average molecular weight is 436 g/mol. The number of anilines is 2. The largest absolute Gasteiger partial charge is 0.352 e. The SMILES string of the molecule is CCc1ccc(-c2ccc(N3CCN(C(=O)Nc4cccc(Cl)c4C)CC3)nn2)cc1. The van der Waals surface area contributed by atoms with Crippen LogP contribution < -0.4 is 10.2 Å². The Morgan fingerprint density at radius 2 is 1.74 bits per heavy atom. The van der Waals surface area contributed by atoms with E-state index in [0.717, 1.165) is 34.7 Å². The van der Waals surface area contributed by atoms with Crippen LogP contribution in [0.2, 0.25) is 5.02 Å². The summed E-state index contributed by atoms with van der Waals surface area (Å²) in [4.78, 5) is 16.6. The Bertz CT molecular complexity index is 1040. The van der Waals surface area contributed by atoms with Gasteiger partial charge in [-0.2, -0.15) is 0 Å². The number of hydrogen-bond donors (Lipinski definition) is 1. The fourth-order valence-corrected chi connectivity index (χ4v) is 3.81. The molecule has 1 saturated heterocycles. The Balaban J connectivity index is 1.35. The zero-order valence-electron chi connectivity index (χ0n) is 17.8. The highest BCUT2D eigenvalue weighted by Gasteiger charge is 2.22. The average Bonchev–Trinajstić information content (AvgIpc) is 2.82. The summed E-state index contributed by atoms with van der Waals surface area (Å²) in [6, 6.07) is 17.8. The maximum atomic E-state index is 12.6. The van der Waals surface area contributed by atoms with Crippen LogP contribution in [0.25, 0.3) is 11.3 Å². The molecule has 6 nitrogen and oxygen atoms in total. The van der Waals surface area contributed by atoms with E-state index in [1.165, 1.54) is 5.56 Å². The molecule has 0 atom stereocenters. The van der Waals surface area contributed by atoms with Crippen molar-refractivity contribution in [3.05, 3.63) is 70.7 Å². The van der Waals surface area contributed by atoms with Gasteiger partial charge in [-0.3, -0.25) is 0 Å².